The monoisotopic (exact) mass is 495 g/mol. The van der Waals surface area contributed by atoms with Crippen LogP contribution >= 0.6 is 0 Å². The number of aromatic nitrogens is 1. The van der Waals surface area contributed by atoms with Crippen molar-refractivity contribution < 1.29 is 34.8 Å². The first kappa shape index (κ1) is 24.1. The van der Waals surface area contributed by atoms with Crippen LogP contribution in [0.25, 0.3) is 17.0 Å². The first-order chi connectivity index (χ1) is 17.1. The van der Waals surface area contributed by atoms with Gasteiger partial charge >= 0.3 is 0 Å². The standard InChI is InChI=1S/C26H29N3O7/c1-29(2)20-14-10-11-9-13-12(15-5-4-8-28-15)6-7-16(30)18(13)21(31)17(11)23(33)26(14,36-3)24(34)19(22(20)32)25(27)35/h4-8,11,14,20,24,28,30-32,34H,9-10H2,1-3H3,(H2,27,35)/t11-,14-,20-,24+,26-/m0/s1. The number of ketones is 1. The summed E-state index contributed by atoms with van der Waals surface area (Å²) in [5.74, 6) is -4.01. The molecule has 10 heteroatoms. The smallest absolute Gasteiger partial charge is 0.250 e. The number of amides is 1. The zero-order valence-corrected chi connectivity index (χ0v) is 20.1. The molecule has 36 heavy (non-hydrogen) atoms. The Morgan fingerprint density at radius 3 is 2.53 bits per heavy atom. The Hall–Kier alpha value is -3.60. The van der Waals surface area contributed by atoms with Crippen LogP contribution in [0.1, 0.15) is 17.5 Å². The SMILES string of the molecule is CO[C@]12C(=O)C3=C(O)c4c(O)ccc(-c5ccc[nH]5)c4C[C@H]3C[C@H]1[C@H](N(C)C)C(O)=C(C(N)=O)[C@H]2O. The Morgan fingerprint density at radius 1 is 1.22 bits per heavy atom. The average Bonchev–Trinajstić information content (AvgIpc) is 3.33. The molecule has 7 N–H and O–H groups in total. The number of H-pyrrole nitrogens is 1. The molecule has 1 aromatic carbocycles. The Balaban J connectivity index is 1.75. The lowest BCUT2D eigenvalue weighted by Gasteiger charge is -2.54. The quantitative estimate of drug-likeness (QED) is 0.370. The van der Waals surface area contributed by atoms with E-state index in [0.29, 0.717) is 12.0 Å². The summed E-state index contributed by atoms with van der Waals surface area (Å²) in [4.78, 5) is 31.2. The van der Waals surface area contributed by atoms with Crippen LogP contribution in [0.2, 0.25) is 0 Å². The number of hydrogen-bond donors (Lipinski definition) is 6. The molecule has 1 heterocycles. The summed E-state index contributed by atoms with van der Waals surface area (Å²) < 4.78 is 5.72. The molecule has 1 saturated carbocycles. The van der Waals surface area contributed by atoms with Crippen LogP contribution in [0.4, 0.5) is 0 Å². The minimum Gasteiger partial charge on any atom is -0.510 e. The molecule has 1 amide bonds. The highest BCUT2D eigenvalue weighted by Crippen LogP contribution is 2.55. The van der Waals surface area contributed by atoms with E-state index in [4.69, 9.17) is 10.5 Å². The van der Waals surface area contributed by atoms with Gasteiger partial charge in [-0.3, -0.25) is 14.5 Å². The van der Waals surface area contributed by atoms with Crippen molar-refractivity contribution in [3.8, 4) is 17.0 Å². The largest absolute Gasteiger partial charge is 0.510 e. The molecule has 3 aliphatic carbocycles. The molecule has 1 fully saturated rings. The number of carbonyl (C=O) groups is 2. The van der Waals surface area contributed by atoms with E-state index >= 15 is 0 Å². The van der Waals surface area contributed by atoms with E-state index in [-0.39, 0.29) is 29.1 Å². The number of aliphatic hydroxyl groups excluding tert-OH is 3. The number of likely N-dealkylation sites (N-methyl/N-ethyl adjacent to an activating group) is 1. The van der Waals surface area contributed by atoms with Crippen LogP contribution in [0.15, 0.2) is 47.4 Å². The van der Waals surface area contributed by atoms with Gasteiger partial charge in [-0.15, -0.1) is 0 Å². The van der Waals surface area contributed by atoms with Crippen LogP contribution < -0.4 is 5.73 Å². The second-order valence-electron chi connectivity index (χ2n) is 9.88. The van der Waals surface area contributed by atoms with Gasteiger partial charge in [-0.2, -0.15) is 0 Å². The molecule has 0 bridgehead atoms. The third-order valence-corrected chi connectivity index (χ3v) is 7.99. The van der Waals surface area contributed by atoms with Gasteiger partial charge in [0.25, 0.3) is 5.91 Å². The van der Waals surface area contributed by atoms with Crippen molar-refractivity contribution in [2.24, 2.45) is 17.6 Å². The van der Waals surface area contributed by atoms with E-state index in [9.17, 15) is 30.0 Å². The van der Waals surface area contributed by atoms with Crippen molar-refractivity contribution in [3.63, 3.8) is 0 Å². The third-order valence-electron chi connectivity index (χ3n) is 7.99. The Kier molecular flexibility index (Phi) is 5.51. The molecule has 0 unspecified atom stereocenters. The Morgan fingerprint density at radius 2 is 1.94 bits per heavy atom. The number of ether oxygens (including phenoxy) is 1. The number of nitrogens with one attached hydrogen (secondary N) is 1. The zero-order valence-electron chi connectivity index (χ0n) is 20.1. The fraction of sp³-hybridized carbons (Fsp3) is 0.385. The number of phenols is 1. The molecule has 190 valence electrons. The van der Waals surface area contributed by atoms with Crippen molar-refractivity contribution in [3.05, 3.63) is 58.5 Å². The fourth-order valence-electron chi connectivity index (χ4n) is 6.51. The van der Waals surface area contributed by atoms with Crippen LogP contribution in [0, 0.1) is 11.8 Å². The first-order valence-corrected chi connectivity index (χ1v) is 11.7. The van der Waals surface area contributed by atoms with E-state index in [1.807, 2.05) is 12.1 Å². The predicted molar refractivity (Wildman–Crippen MR) is 130 cm³/mol. The van der Waals surface area contributed by atoms with Gasteiger partial charge in [0.15, 0.2) is 11.4 Å². The van der Waals surface area contributed by atoms with Crippen LogP contribution in [-0.4, -0.2) is 81.0 Å². The zero-order chi connectivity index (χ0) is 26.1. The minimum absolute atomic E-state index is 0.0151. The number of fused-ring (bicyclic) bond motifs is 3. The maximum absolute atomic E-state index is 14.2. The highest BCUT2D eigenvalue weighted by atomic mass is 16.5. The summed E-state index contributed by atoms with van der Waals surface area (Å²) in [6.07, 6.45) is 0.485. The second kappa shape index (κ2) is 8.22. The number of nitrogens with zero attached hydrogens (tertiary/aromatic N) is 1. The van der Waals surface area contributed by atoms with Crippen LogP contribution in [0.3, 0.4) is 0 Å². The highest BCUT2D eigenvalue weighted by Gasteiger charge is 2.65. The lowest BCUT2D eigenvalue weighted by molar-refractivity contribution is -0.179. The van der Waals surface area contributed by atoms with E-state index in [2.05, 4.69) is 4.98 Å². The molecule has 3 aliphatic rings. The number of aromatic amines is 1. The number of hydrogen-bond acceptors (Lipinski definition) is 8. The number of rotatable bonds is 4. The molecule has 1 aromatic heterocycles. The van der Waals surface area contributed by atoms with Gasteiger partial charge in [-0.1, -0.05) is 0 Å². The van der Waals surface area contributed by atoms with Gasteiger partial charge in [0.2, 0.25) is 0 Å². The normalized spacial score (nSPS) is 29.8. The van der Waals surface area contributed by atoms with Crippen molar-refractivity contribution in [2.45, 2.75) is 30.6 Å². The number of carbonyl (C=O) groups excluding carboxylic acids is 2. The summed E-state index contributed by atoms with van der Waals surface area (Å²) in [5, 5.41) is 44.4. The molecule has 5 atom stereocenters. The number of phenolic OH excluding ortho intramolecular Hbond substituents is 1. The number of aromatic hydroxyl groups is 1. The van der Waals surface area contributed by atoms with Crippen LogP contribution in [0.5, 0.6) is 5.75 Å². The van der Waals surface area contributed by atoms with Crippen molar-refractivity contribution in [1.29, 1.82) is 0 Å². The van der Waals surface area contributed by atoms with E-state index in [1.54, 1.807) is 31.3 Å². The molecule has 0 radical (unpaired) electrons. The highest BCUT2D eigenvalue weighted by molar-refractivity contribution is 6.11. The van der Waals surface area contributed by atoms with Crippen molar-refractivity contribution in [2.75, 3.05) is 21.2 Å². The molecule has 0 spiro atoms. The molecule has 10 nitrogen and oxygen atoms in total. The van der Waals surface area contributed by atoms with E-state index < -0.39 is 52.6 Å². The summed E-state index contributed by atoms with van der Waals surface area (Å²) in [7, 11) is 4.61. The number of benzene rings is 1. The van der Waals surface area contributed by atoms with Gasteiger partial charge in [-0.05, 0) is 62.7 Å². The van der Waals surface area contributed by atoms with Crippen molar-refractivity contribution >= 4 is 17.4 Å². The molecule has 2 aromatic rings. The van der Waals surface area contributed by atoms with Gasteiger partial charge < -0.3 is 35.9 Å². The first-order valence-electron chi connectivity index (χ1n) is 11.7. The maximum Gasteiger partial charge on any atom is 0.250 e. The maximum atomic E-state index is 14.2. The lowest BCUT2D eigenvalue weighted by atomic mass is 9.56. The topological polar surface area (TPSA) is 169 Å². The Bertz CT molecular complexity index is 1330. The minimum atomic E-state index is -1.98. The molecule has 5 rings (SSSR count). The van der Waals surface area contributed by atoms with Crippen LogP contribution in [-0.2, 0) is 20.7 Å². The number of nitrogens with two attached hydrogens (primary N) is 1. The average molecular weight is 496 g/mol. The van der Waals surface area contributed by atoms with Crippen molar-refractivity contribution in [1.82, 2.24) is 9.88 Å². The number of aliphatic hydroxyl groups is 3. The molecule has 0 aliphatic heterocycles. The number of primary amides is 1. The summed E-state index contributed by atoms with van der Waals surface area (Å²) in [5.41, 5.74) is 5.44. The second-order valence-corrected chi connectivity index (χ2v) is 9.88. The predicted octanol–water partition coefficient (Wildman–Crippen LogP) is 1.40. The van der Waals surface area contributed by atoms with E-state index in [0.717, 1.165) is 11.3 Å². The Labute approximate surface area is 207 Å². The van der Waals surface area contributed by atoms with E-state index in [1.165, 1.54) is 13.2 Å². The van der Waals surface area contributed by atoms with Gasteiger partial charge in [0.1, 0.15) is 23.4 Å². The molecule has 0 saturated heterocycles. The fourth-order valence-corrected chi connectivity index (χ4v) is 6.51. The number of Topliss-reactive ketones (excluding diaryl/α,β-unsaturated/α-hetero) is 1. The molecular weight excluding hydrogens is 466 g/mol. The third kappa shape index (κ3) is 3.01. The summed E-state index contributed by atoms with van der Waals surface area (Å²) in [6, 6.07) is 6.07. The van der Waals surface area contributed by atoms with Gasteiger partial charge in [0.05, 0.1) is 17.2 Å². The summed E-state index contributed by atoms with van der Waals surface area (Å²) in [6.45, 7) is 0. The summed E-state index contributed by atoms with van der Waals surface area (Å²) >= 11 is 0. The lowest BCUT2D eigenvalue weighted by Crippen LogP contribution is -2.69. The molecular formula is C26H29N3O7. The van der Waals surface area contributed by atoms with Gasteiger partial charge in [0, 0.05) is 36.1 Å². The number of methoxy groups -OCH3 is 1. The van der Waals surface area contributed by atoms with Gasteiger partial charge in [-0.25, -0.2) is 0 Å².